The first-order valence-electron chi connectivity index (χ1n) is 2.02. The lowest BCUT2D eigenvalue weighted by Crippen LogP contribution is -2.08. The van der Waals surface area contributed by atoms with Gasteiger partial charge in [-0.15, -0.1) is 0 Å². The van der Waals surface area contributed by atoms with E-state index in [4.69, 9.17) is 10.4 Å². The van der Waals surface area contributed by atoms with E-state index in [9.17, 15) is 0 Å². The van der Waals surface area contributed by atoms with Crippen molar-refractivity contribution >= 4 is 31.9 Å². The number of hydrogen-bond donors (Lipinski definition) is 1. The van der Waals surface area contributed by atoms with Crippen molar-refractivity contribution in [2.45, 2.75) is 9.65 Å². The second-order valence-corrected chi connectivity index (χ2v) is 5.06. The van der Waals surface area contributed by atoms with Crippen LogP contribution in [0.3, 0.4) is 0 Å². The Kier molecular flexibility index (Phi) is 3.61. The minimum absolute atomic E-state index is 0.00403. The van der Waals surface area contributed by atoms with E-state index in [2.05, 4.69) is 31.9 Å². The van der Waals surface area contributed by atoms with Gasteiger partial charge >= 0.3 is 0 Å². The van der Waals surface area contributed by atoms with Crippen molar-refractivity contribution in [2.75, 3.05) is 6.61 Å². The second-order valence-electron chi connectivity index (χ2n) is 1.29. The highest BCUT2D eigenvalue weighted by Gasteiger charge is 2.19. The fourth-order valence-corrected chi connectivity index (χ4v) is 0.551. The van der Waals surface area contributed by atoms with Crippen LogP contribution < -0.4 is 0 Å². The molecular formula is C4H5Br2NO. The average Bonchev–Trinajstić information content (AvgIpc) is 1.67. The molecule has 0 aliphatic carbocycles. The molecule has 0 fully saturated rings. The van der Waals surface area contributed by atoms with Gasteiger partial charge in [0.1, 0.15) is 0 Å². The van der Waals surface area contributed by atoms with E-state index in [1.807, 2.05) is 6.07 Å². The zero-order valence-corrected chi connectivity index (χ0v) is 7.24. The zero-order valence-electron chi connectivity index (χ0n) is 4.06. The smallest absolute Gasteiger partial charge is 0.168 e. The van der Waals surface area contributed by atoms with Crippen LogP contribution in [0.5, 0.6) is 0 Å². The molecule has 1 N–H and O–H groups in total. The van der Waals surface area contributed by atoms with Crippen LogP contribution in [-0.4, -0.2) is 14.9 Å². The Morgan fingerprint density at radius 3 is 2.25 bits per heavy atom. The number of hydrogen-bond acceptors (Lipinski definition) is 2. The van der Waals surface area contributed by atoms with Gasteiger partial charge in [-0.1, -0.05) is 31.9 Å². The van der Waals surface area contributed by atoms with Crippen molar-refractivity contribution in [3.63, 3.8) is 0 Å². The second kappa shape index (κ2) is 3.44. The summed E-state index contributed by atoms with van der Waals surface area (Å²) in [5.74, 6) is 0. The van der Waals surface area contributed by atoms with Gasteiger partial charge in [0.25, 0.3) is 0 Å². The molecule has 0 heterocycles. The summed E-state index contributed by atoms with van der Waals surface area (Å²) >= 11 is 6.07. The highest BCUT2D eigenvalue weighted by molar-refractivity contribution is 9.25. The van der Waals surface area contributed by atoms with Crippen LogP contribution in [0.25, 0.3) is 0 Å². The summed E-state index contributed by atoms with van der Waals surface area (Å²) < 4.78 is -0.727. The summed E-state index contributed by atoms with van der Waals surface area (Å²) in [7, 11) is 0. The van der Waals surface area contributed by atoms with E-state index in [-0.39, 0.29) is 6.61 Å². The number of nitrogens with zero attached hydrogens (tertiary/aromatic N) is 1. The molecule has 0 rings (SSSR count). The molecular weight excluding hydrogens is 238 g/mol. The van der Waals surface area contributed by atoms with Gasteiger partial charge < -0.3 is 5.11 Å². The first kappa shape index (κ1) is 8.41. The number of aliphatic hydroxyl groups is 1. The Morgan fingerprint density at radius 1 is 1.62 bits per heavy atom. The minimum Gasteiger partial charge on any atom is -0.396 e. The van der Waals surface area contributed by atoms with E-state index < -0.39 is 3.23 Å². The van der Waals surface area contributed by atoms with E-state index in [0.717, 1.165) is 0 Å². The Labute approximate surface area is 64.8 Å². The van der Waals surface area contributed by atoms with Crippen LogP contribution in [0.4, 0.5) is 0 Å². The molecule has 2 nitrogen and oxygen atoms in total. The third-order valence-corrected chi connectivity index (χ3v) is 1.74. The molecule has 0 aromatic carbocycles. The number of rotatable bonds is 2. The van der Waals surface area contributed by atoms with Crippen LogP contribution in [-0.2, 0) is 0 Å². The molecule has 0 unspecified atom stereocenters. The fourth-order valence-electron chi connectivity index (χ4n) is 0.196. The van der Waals surface area contributed by atoms with Gasteiger partial charge in [-0.25, -0.2) is 0 Å². The Bertz CT molecular complexity index is 107. The zero-order chi connectivity index (χ0) is 6.62. The van der Waals surface area contributed by atoms with Gasteiger partial charge in [0.15, 0.2) is 3.23 Å². The van der Waals surface area contributed by atoms with E-state index in [1.165, 1.54) is 0 Å². The summed E-state index contributed by atoms with van der Waals surface area (Å²) in [6.45, 7) is 0.00403. The molecule has 0 amide bonds. The quantitative estimate of drug-likeness (QED) is 0.744. The molecule has 4 heteroatoms. The molecule has 46 valence electrons. The first-order valence-corrected chi connectivity index (χ1v) is 3.61. The maximum absolute atomic E-state index is 8.32. The third-order valence-electron chi connectivity index (χ3n) is 0.589. The van der Waals surface area contributed by atoms with E-state index >= 15 is 0 Å². The van der Waals surface area contributed by atoms with Gasteiger partial charge in [0.05, 0.1) is 6.07 Å². The standard InChI is InChI=1S/C4H5Br2NO/c5-4(6,3-7)1-2-8/h8H,1-2H2. The van der Waals surface area contributed by atoms with Crippen LogP contribution in [0, 0.1) is 11.3 Å². The van der Waals surface area contributed by atoms with Crippen molar-refractivity contribution in [3.8, 4) is 6.07 Å². The Hall–Kier alpha value is 0.410. The van der Waals surface area contributed by atoms with Crippen LogP contribution >= 0.6 is 31.9 Å². The highest BCUT2D eigenvalue weighted by atomic mass is 79.9. The lowest BCUT2D eigenvalue weighted by atomic mass is 10.3. The number of nitriles is 1. The van der Waals surface area contributed by atoms with Crippen LogP contribution in [0.1, 0.15) is 6.42 Å². The molecule has 0 bridgehead atoms. The molecule has 0 aliphatic rings. The average molecular weight is 243 g/mol. The summed E-state index contributed by atoms with van der Waals surface area (Å²) in [6, 6.07) is 1.92. The van der Waals surface area contributed by atoms with Gasteiger partial charge in [0.2, 0.25) is 0 Å². The van der Waals surface area contributed by atoms with Gasteiger partial charge in [-0.05, 0) is 0 Å². The molecule has 0 radical (unpaired) electrons. The molecule has 0 aliphatic heterocycles. The van der Waals surface area contributed by atoms with Crippen molar-refractivity contribution < 1.29 is 5.11 Å². The lowest BCUT2D eigenvalue weighted by molar-refractivity contribution is 0.290. The van der Waals surface area contributed by atoms with Gasteiger partial charge in [-0.2, -0.15) is 5.26 Å². The van der Waals surface area contributed by atoms with Crippen molar-refractivity contribution in [2.24, 2.45) is 0 Å². The molecule has 0 saturated heterocycles. The van der Waals surface area contributed by atoms with Crippen molar-refractivity contribution in [1.82, 2.24) is 0 Å². The summed E-state index contributed by atoms with van der Waals surface area (Å²) in [6.07, 6.45) is 0.392. The van der Waals surface area contributed by atoms with Crippen LogP contribution in [0.2, 0.25) is 0 Å². The molecule has 8 heavy (non-hydrogen) atoms. The summed E-state index contributed by atoms with van der Waals surface area (Å²) in [5.41, 5.74) is 0. The van der Waals surface area contributed by atoms with Gasteiger partial charge in [0, 0.05) is 13.0 Å². The Morgan fingerprint density at radius 2 is 2.12 bits per heavy atom. The summed E-state index contributed by atoms with van der Waals surface area (Å²) in [4.78, 5) is 0. The predicted octanol–water partition coefficient (Wildman–Crippen LogP) is 1.38. The largest absolute Gasteiger partial charge is 0.396 e. The number of aliphatic hydroxyl groups excluding tert-OH is 1. The molecule has 0 spiro atoms. The SMILES string of the molecule is N#CC(Br)(Br)CCO. The van der Waals surface area contributed by atoms with E-state index in [1.54, 1.807) is 0 Å². The number of halogens is 2. The lowest BCUT2D eigenvalue weighted by Gasteiger charge is -2.05. The summed E-state index contributed by atoms with van der Waals surface area (Å²) in [5, 5.41) is 16.6. The normalized spacial score (nSPS) is 10.8. The topological polar surface area (TPSA) is 44.0 Å². The molecule has 0 aromatic rings. The van der Waals surface area contributed by atoms with Crippen molar-refractivity contribution in [3.05, 3.63) is 0 Å². The predicted molar refractivity (Wildman–Crippen MR) is 37.9 cm³/mol. The van der Waals surface area contributed by atoms with E-state index in [0.29, 0.717) is 6.42 Å². The van der Waals surface area contributed by atoms with Crippen LogP contribution in [0.15, 0.2) is 0 Å². The third kappa shape index (κ3) is 3.42. The minimum atomic E-state index is -0.727. The highest BCUT2D eigenvalue weighted by Crippen LogP contribution is 2.28. The van der Waals surface area contributed by atoms with Crippen molar-refractivity contribution in [1.29, 1.82) is 5.26 Å². The molecule has 0 aromatic heterocycles. The Balaban J connectivity index is 3.59. The molecule has 0 saturated carbocycles. The van der Waals surface area contributed by atoms with Gasteiger partial charge in [-0.3, -0.25) is 0 Å². The number of alkyl halides is 2. The monoisotopic (exact) mass is 241 g/mol. The maximum atomic E-state index is 8.32. The first-order chi connectivity index (χ1) is 3.62. The maximum Gasteiger partial charge on any atom is 0.168 e. The fraction of sp³-hybridized carbons (Fsp3) is 0.750. The molecule has 0 atom stereocenters.